The number of amides is 1. The van der Waals surface area contributed by atoms with Crippen LogP contribution >= 0.6 is 11.8 Å². The van der Waals surface area contributed by atoms with Gasteiger partial charge in [-0.2, -0.15) is 0 Å². The van der Waals surface area contributed by atoms with Gasteiger partial charge < -0.3 is 10.0 Å². The molecule has 2 aliphatic rings. The van der Waals surface area contributed by atoms with E-state index >= 15 is 0 Å². The Morgan fingerprint density at radius 1 is 1.38 bits per heavy atom. The number of aliphatic imine (C=N–C) groups is 1. The maximum Gasteiger partial charge on any atom is 0.327 e. The second kappa shape index (κ2) is 4.87. The van der Waals surface area contributed by atoms with Gasteiger partial charge in [-0.1, -0.05) is 30.3 Å². The van der Waals surface area contributed by atoms with Gasteiger partial charge in [-0.3, -0.25) is 9.79 Å². The van der Waals surface area contributed by atoms with Crippen LogP contribution < -0.4 is 0 Å². The lowest BCUT2D eigenvalue weighted by molar-refractivity contribution is -0.150. The fourth-order valence-electron chi connectivity index (χ4n) is 2.78. The molecule has 0 aromatic heterocycles. The minimum Gasteiger partial charge on any atom is -0.480 e. The molecule has 1 N–H and O–H groups in total. The average molecular weight is 304 g/mol. The number of rotatable bonds is 3. The highest BCUT2D eigenvalue weighted by atomic mass is 32.2. The Balaban J connectivity index is 1.80. The van der Waals surface area contributed by atoms with Crippen LogP contribution in [0.1, 0.15) is 19.4 Å². The Kier molecular flexibility index (Phi) is 3.28. The molecule has 2 heterocycles. The highest BCUT2D eigenvalue weighted by Gasteiger charge is 2.62. The van der Waals surface area contributed by atoms with Gasteiger partial charge in [0.25, 0.3) is 5.91 Å². The predicted molar refractivity (Wildman–Crippen MR) is 81.3 cm³/mol. The summed E-state index contributed by atoms with van der Waals surface area (Å²) in [5.41, 5.74) is 1.52. The van der Waals surface area contributed by atoms with Crippen LogP contribution in [-0.4, -0.2) is 43.8 Å². The highest BCUT2D eigenvalue weighted by Crippen LogP contribution is 2.49. The van der Waals surface area contributed by atoms with Crippen LogP contribution in [0.15, 0.2) is 35.3 Å². The van der Waals surface area contributed by atoms with Crippen LogP contribution in [0.4, 0.5) is 0 Å². The number of β-lactam (4-membered cyclic amide) rings is 1. The van der Waals surface area contributed by atoms with Gasteiger partial charge in [0.15, 0.2) is 0 Å². The molecule has 1 aromatic rings. The third kappa shape index (κ3) is 2.23. The van der Waals surface area contributed by atoms with Crippen LogP contribution in [0.5, 0.6) is 0 Å². The summed E-state index contributed by atoms with van der Waals surface area (Å²) < 4.78 is -0.504. The van der Waals surface area contributed by atoms with Gasteiger partial charge in [-0.05, 0) is 19.4 Å². The Morgan fingerprint density at radius 3 is 2.67 bits per heavy atom. The summed E-state index contributed by atoms with van der Waals surface area (Å²) in [7, 11) is 0. The third-order valence-corrected chi connectivity index (χ3v) is 5.31. The number of aliphatic carboxylic acids is 1. The van der Waals surface area contributed by atoms with Gasteiger partial charge in [-0.25, -0.2) is 4.79 Å². The topological polar surface area (TPSA) is 70.0 Å². The Morgan fingerprint density at radius 2 is 2.05 bits per heavy atom. The third-order valence-electron chi connectivity index (χ3n) is 3.80. The first-order chi connectivity index (χ1) is 9.92. The number of thioether (sulfide) groups is 1. The van der Waals surface area contributed by atoms with E-state index in [9.17, 15) is 14.7 Å². The Hall–Kier alpha value is -1.82. The molecule has 0 spiro atoms. The normalized spacial score (nSPS) is 28.4. The number of benzene rings is 1. The van der Waals surface area contributed by atoms with Gasteiger partial charge in [0, 0.05) is 4.75 Å². The molecule has 6 heteroatoms. The van der Waals surface area contributed by atoms with E-state index in [0.717, 1.165) is 5.56 Å². The van der Waals surface area contributed by atoms with Gasteiger partial charge in [-0.15, -0.1) is 11.8 Å². The van der Waals surface area contributed by atoms with Crippen LogP contribution in [0.2, 0.25) is 0 Å². The molecule has 0 aliphatic carbocycles. The molecule has 21 heavy (non-hydrogen) atoms. The second-order valence-corrected chi connectivity index (χ2v) is 7.45. The molecule has 0 bridgehead atoms. The molecule has 5 nitrogen and oxygen atoms in total. The molecule has 0 saturated carbocycles. The van der Waals surface area contributed by atoms with E-state index in [1.807, 2.05) is 44.2 Å². The van der Waals surface area contributed by atoms with E-state index in [0.29, 0.717) is 12.3 Å². The van der Waals surface area contributed by atoms with E-state index in [1.54, 1.807) is 0 Å². The molecule has 0 radical (unpaired) electrons. The number of carbonyl (C=O) groups excluding carboxylic acids is 1. The molecule has 0 unspecified atom stereocenters. The van der Waals surface area contributed by atoms with Gasteiger partial charge in [0.2, 0.25) is 0 Å². The molecule has 1 aromatic carbocycles. The smallest absolute Gasteiger partial charge is 0.327 e. The summed E-state index contributed by atoms with van der Waals surface area (Å²) in [4.78, 5) is 29.4. The van der Waals surface area contributed by atoms with Crippen molar-refractivity contribution in [3.63, 3.8) is 0 Å². The van der Waals surface area contributed by atoms with Gasteiger partial charge in [0.1, 0.15) is 17.1 Å². The zero-order chi connectivity index (χ0) is 15.2. The van der Waals surface area contributed by atoms with Crippen molar-refractivity contribution in [1.29, 1.82) is 0 Å². The molecular formula is C15H16N2O3S. The summed E-state index contributed by atoms with van der Waals surface area (Å²) in [6.45, 7) is 4.17. The first-order valence-corrected chi connectivity index (χ1v) is 7.61. The lowest BCUT2D eigenvalue weighted by atomic mass is 9.97. The largest absolute Gasteiger partial charge is 0.480 e. The molecule has 2 saturated heterocycles. The quantitative estimate of drug-likeness (QED) is 0.864. The molecule has 110 valence electrons. The number of hydrogen-bond donors (Lipinski definition) is 1. The van der Waals surface area contributed by atoms with Crippen LogP contribution in [0.25, 0.3) is 0 Å². The summed E-state index contributed by atoms with van der Waals surface area (Å²) in [6, 6.07) is 8.92. The number of carboxylic acid groups (broad SMARTS) is 1. The summed E-state index contributed by atoms with van der Waals surface area (Å²) in [6.07, 6.45) is 0. The molecular weight excluding hydrogens is 288 g/mol. The van der Waals surface area contributed by atoms with Crippen molar-refractivity contribution in [2.24, 2.45) is 4.99 Å². The van der Waals surface area contributed by atoms with Gasteiger partial charge >= 0.3 is 5.97 Å². The SMILES string of the molecule is CC1(C)S[C@@H]2C(=NCc3ccccc3)C(=O)N2[C@H]1C(=O)O. The lowest BCUT2D eigenvalue weighted by Gasteiger charge is -2.37. The van der Waals surface area contributed by atoms with Crippen molar-refractivity contribution in [3.05, 3.63) is 35.9 Å². The molecule has 3 rings (SSSR count). The lowest BCUT2D eigenvalue weighted by Crippen LogP contribution is -2.63. The van der Waals surface area contributed by atoms with E-state index in [-0.39, 0.29) is 11.3 Å². The van der Waals surface area contributed by atoms with Crippen LogP contribution in [0, 0.1) is 0 Å². The van der Waals surface area contributed by atoms with E-state index < -0.39 is 16.8 Å². The Bertz CT molecular complexity index is 627. The van der Waals surface area contributed by atoms with Crippen molar-refractivity contribution in [1.82, 2.24) is 4.90 Å². The number of carbonyl (C=O) groups is 2. The Labute approximate surface area is 127 Å². The zero-order valence-corrected chi connectivity index (χ0v) is 12.6. The average Bonchev–Trinajstić information content (AvgIpc) is 2.69. The number of fused-ring (bicyclic) bond motifs is 1. The van der Waals surface area contributed by atoms with Crippen molar-refractivity contribution in [2.75, 3.05) is 0 Å². The van der Waals surface area contributed by atoms with Crippen molar-refractivity contribution in [3.8, 4) is 0 Å². The number of nitrogens with zero attached hydrogens (tertiary/aromatic N) is 2. The number of hydrogen-bond acceptors (Lipinski definition) is 4. The molecule has 1 amide bonds. The highest BCUT2D eigenvalue weighted by molar-refractivity contribution is 8.02. The maximum atomic E-state index is 12.2. The summed E-state index contributed by atoms with van der Waals surface area (Å²) in [5.74, 6) is -1.20. The molecule has 2 aliphatic heterocycles. The van der Waals surface area contributed by atoms with Crippen LogP contribution in [-0.2, 0) is 16.1 Å². The second-order valence-electron chi connectivity index (χ2n) is 5.71. The van der Waals surface area contributed by atoms with Gasteiger partial charge in [0.05, 0.1) is 6.54 Å². The first kappa shape index (κ1) is 14.1. The fraction of sp³-hybridized carbons (Fsp3) is 0.400. The summed E-state index contributed by atoms with van der Waals surface area (Å²) >= 11 is 1.49. The van der Waals surface area contributed by atoms with Crippen LogP contribution in [0.3, 0.4) is 0 Å². The molecule has 2 fully saturated rings. The standard InChI is InChI=1S/C15H16N2O3S/c1-15(2)11(14(19)20)17-12(18)10(13(17)21-15)16-8-9-6-4-3-5-7-9/h3-7,11,13H,8H2,1-2H3,(H,19,20)/t11-,13+/m0/s1. The number of carboxylic acids is 1. The predicted octanol–water partition coefficient (Wildman–Crippen LogP) is 1.77. The minimum atomic E-state index is -0.953. The zero-order valence-electron chi connectivity index (χ0n) is 11.8. The van der Waals surface area contributed by atoms with E-state index in [4.69, 9.17) is 0 Å². The van der Waals surface area contributed by atoms with Crippen molar-refractivity contribution >= 4 is 29.4 Å². The monoisotopic (exact) mass is 304 g/mol. The fourth-order valence-corrected chi connectivity index (χ4v) is 4.32. The molecule has 2 atom stereocenters. The van der Waals surface area contributed by atoms with Crippen molar-refractivity contribution in [2.45, 2.75) is 36.6 Å². The minimum absolute atomic E-state index is 0.225. The van der Waals surface area contributed by atoms with E-state index in [1.165, 1.54) is 16.7 Å². The first-order valence-electron chi connectivity index (χ1n) is 6.73. The van der Waals surface area contributed by atoms with E-state index in [2.05, 4.69) is 4.99 Å². The van der Waals surface area contributed by atoms with Crippen molar-refractivity contribution < 1.29 is 14.7 Å². The maximum absolute atomic E-state index is 12.2. The summed E-state index contributed by atoms with van der Waals surface area (Å²) in [5, 5.41) is 9.11.